The summed E-state index contributed by atoms with van der Waals surface area (Å²) in [4.78, 5) is 1.19. The van der Waals surface area contributed by atoms with Crippen LogP contribution in [0.1, 0.15) is 13.3 Å². The van der Waals surface area contributed by atoms with Crippen molar-refractivity contribution in [3.8, 4) is 0 Å². The van der Waals surface area contributed by atoms with Crippen molar-refractivity contribution in [3.63, 3.8) is 0 Å². The van der Waals surface area contributed by atoms with Crippen LogP contribution < -0.4 is 0 Å². The van der Waals surface area contributed by atoms with E-state index in [1.54, 1.807) is 0 Å². The molecule has 0 radical (unpaired) electrons. The molecule has 0 aliphatic heterocycles. The zero-order chi connectivity index (χ0) is 22.1. The predicted molar refractivity (Wildman–Crippen MR) is 69.8 cm³/mol. The van der Waals surface area contributed by atoms with E-state index in [0.717, 1.165) is 0 Å². The summed E-state index contributed by atoms with van der Waals surface area (Å²) in [5.41, 5.74) is -3.39. The lowest BCUT2D eigenvalue weighted by Gasteiger charge is -2.43. The quantitative estimate of drug-likeness (QED) is 0.366. The molecule has 0 fully saturated rings. The molecule has 0 bridgehead atoms. The Kier molecular flexibility index (Phi) is 7.59. The van der Waals surface area contributed by atoms with Crippen LogP contribution in [0.5, 0.6) is 0 Å². The van der Waals surface area contributed by atoms with Gasteiger partial charge in [0.1, 0.15) is 5.60 Å². The fourth-order valence-corrected chi connectivity index (χ4v) is 1.75. The smallest absolute Gasteiger partial charge is 0.397 e. The van der Waals surface area contributed by atoms with E-state index in [1.807, 2.05) is 0 Å². The van der Waals surface area contributed by atoms with E-state index in [9.17, 15) is 48.3 Å². The van der Waals surface area contributed by atoms with E-state index in [4.69, 9.17) is 0 Å². The van der Waals surface area contributed by atoms with Crippen LogP contribution in [-0.4, -0.2) is 62.1 Å². The highest BCUT2D eigenvalue weighted by molar-refractivity contribution is 5.09. The molecule has 14 heteroatoms. The van der Waals surface area contributed by atoms with E-state index in [0.29, 0.717) is 7.11 Å². The molecule has 0 spiro atoms. The van der Waals surface area contributed by atoms with Gasteiger partial charge >= 0.3 is 36.0 Å². The van der Waals surface area contributed by atoms with Gasteiger partial charge in [-0.3, -0.25) is 0 Å². The lowest BCUT2D eigenvalue weighted by atomic mass is 9.85. The van der Waals surface area contributed by atoms with Crippen molar-refractivity contribution in [2.24, 2.45) is 0 Å². The second-order valence-corrected chi connectivity index (χ2v) is 5.86. The summed E-state index contributed by atoms with van der Waals surface area (Å²) in [6.07, 6.45) is -11.5. The Balaban J connectivity index is 6.13. The molecule has 0 N–H and O–H groups in total. The molecule has 0 saturated carbocycles. The molecular formula is C13H16F11NO2. The lowest BCUT2D eigenvalue weighted by molar-refractivity contribution is -0.438. The SMILES string of the molecule is COC(C)(CCN(C)C)C(F)(F)C(F)(F)C(F)(F)C(F)(F)OC(F)=C(F)F. The van der Waals surface area contributed by atoms with Crippen molar-refractivity contribution < 1.29 is 57.8 Å². The van der Waals surface area contributed by atoms with Crippen LogP contribution in [0.2, 0.25) is 0 Å². The van der Waals surface area contributed by atoms with Gasteiger partial charge in [-0.25, -0.2) is 0 Å². The molecule has 0 heterocycles. The van der Waals surface area contributed by atoms with E-state index in [1.165, 1.54) is 19.0 Å². The summed E-state index contributed by atoms with van der Waals surface area (Å²) >= 11 is 0. The second-order valence-electron chi connectivity index (χ2n) is 5.86. The monoisotopic (exact) mass is 427 g/mol. The highest BCUT2D eigenvalue weighted by Crippen LogP contribution is 2.57. The maximum absolute atomic E-state index is 14.2. The number of ether oxygens (including phenoxy) is 2. The van der Waals surface area contributed by atoms with Gasteiger partial charge in [0.15, 0.2) is 0 Å². The molecule has 0 aliphatic rings. The van der Waals surface area contributed by atoms with Crippen LogP contribution in [0, 0.1) is 0 Å². The first-order valence-electron chi connectivity index (χ1n) is 6.91. The highest BCUT2D eigenvalue weighted by Gasteiger charge is 2.85. The van der Waals surface area contributed by atoms with Gasteiger partial charge in [0.05, 0.1) is 0 Å². The van der Waals surface area contributed by atoms with Crippen LogP contribution in [-0.2, 0) is 9.47 Å². The van der Waals surface area contributed by atoms with Crippen LogP contribution >= 0.6 is 0 Å². The number of methoxy groups -OCH3 is 1. The number of alkyl halides is 8. The Bertz CT molecular complexity index is 546. The van der Waals surface area contributed by atoms with E-state index >= 15 is 0 Å². The zero-order valence-corrected chi connectivity index (χ0v) is 14.3. The Hall–Kier alpha value is -1.31. The summed E-state index contributed by atoms with van der Waals surface area (Å²) in [7, 11) is 3.07. The van der Waals surface area contributed by atoms with Crippen molar-refractivity contribution in [1.82, 2.24) is 4.90 Å². The summed E-state index contributed by atoms with van der Waals surface area (Å²) in [5, 5.41) is 0. The van der Waals surface area contributed by atoms with E-state index in [2.05, 4.69) is 9.47 Å². The Morgan fingerprint density at radius 1 is 0.815 bits per heavy atom. The molecule has 0 rings (SSSR count). The minimum Gasteiger partial charge on any atom is -0.397 e. The number of hydrogen-bond acceptors (Lipinski definition) is 3. The first-order valence-corrected chi connectivity index (χ1v) is 6.91. The number of rotatable bonds is 10. The molecule has 1 atom stereocenters. The summed E-state index contributed by atoms with van der Waals surface area (Å²) < 4.78 is 152. The van der Waals surface area contributed by atoms with E-state index < -0.39 is 54.5 Å². The molecule has 0 saturated heterocycles. The van der Waals surface area contributed by atoms with Gasteiger partial charge in [-0.2, -0.15) is 48.3 Å². The third-order valence-corrected chi connectivity index (χ3v) is 3.67. The van der Waals surface area contributed by atoms with Gasteiger partial charge < -0.3 is 14.4 Å². The number of halogens is 11. The zero-order valence-electron chi connectivity index (χ0n) is 14.3. The van der Waals surface area contributed by atoms with Crippen molar-refractivity contribution in [2.45, 2.75) is 42.8 Å². The van der Waals surface area contributed by atoms with Gasteiger partial charge in [0.2, 0.25) is 0 Å². The van der Waals surface area contributed by atoms with Crippen LogP contribution in [0.4, 0.5) is 48.3 Å². The average molecular weight is 427 g/mol. The third-order valence-electron chi connectivity index (χ3n) is 3.67. The number of hydrogen-bond donors (Lipinski definition) is 0. The predicted octanol–water partition coefficient (Wildman–Crippen LogP) is 4.89. The van der Waals surface area contributed by atoms with E-state index in [-0.39, 0.29) is 6.92 Å². The Labute approximate surface area is 146 Å². The summed E-state index contributed by atoms with van der Waals surface area (Å²) in [5.74, 6) is -20.0. The highest BCUT2D eigenvalue weighted by atomic mass is 19.4. The fourth-order valence-electron chi connectivity index (χ4n) is 1.75. The number of nitrogens with zero attached hydrogens (tertiary/aromatic N) is 1. The maximum atomic E-state index is 14.2. The standard InChI is InChI=1S/C13H16F11NO2/c1-9(26-4,5-6-25(2)3)10(17,18)11(19,20)12(21,22)13(23,24)27-8(16)7(14)15/h5-6H2,1-4H3. The lowest BCUT2D eigenvalue weighted by Crippen LogP contribution is -2.69. The molecule has 162 valence electrons. The molecule has 0 aromatic rings. The first-order chi connectivity index (χ1) is 11.8. The minimum atomic E-state index is -7.10. The van der Waals surface area contributed by atoms with Gasteiger partial charge in [0.25, 0.3) is 0 Å². The Morgan fingerprint density at radius 2 is 1.26 bits per heavy atom. The third kappa shape index (κ3) is 4.58. The first kappa shape index (κ1) is 25.7. The van der Waals surface area contributed by atoms with Gasteiger partial charge in [-0.05, 0) is 27.4 Å². The normalized spacial score (nSPS) is 16.3. The molecule has 0 amide bonds. The average Bonchev–Trinajstić information content (AvgIpc) is 2.51. The molecule has 0 aromatic heterocycles. The Morgan fingerprint density at radius 3 is 1.59 bits per heavy atom. The van der Waals surface area contributed by atoms with Crippen molar-refractivity contribution in [2.75, 3.05) is 27.7 Å². The van der Waals surface area contributed by atoms with Crippen molar-refractivity contribution in [1.29, 1.82) is 0 Å². The van der Waals surface area contributed by atoms with Crippen molar-refractivity contribution in [3.05, 3.63) is 12.1 Å². The second kappa shape index (κ2) is 7.97. The van der Waals surface area contributed by atoms with Crippen LogP contribution in [0.15, 0.2) is 12.1 Å². The van der Waals surface area contributed by atoms with Gasteiger partial charge in [-0.1, -0.05) is 0 Å². The topological polar surface area (TPSA) is 21.7 Å². The van der Waals surface area contributed by atoms with Crippen molar-refractivity contribution >= 4 is 0 Å². The molecule has 27 heavy (non-hydrogen) atoms. The molecule has 0 aliphatic carbocycles. The molecular weight excluding hydrogens is 411 g/mol. The fraction of sp³-hybridized carbons (Fsp3) is 0.846. The molecule has 0 aromatic carbocycles. The molecule has 1 unspecified atom stereocenters. The largest absolute Gasteiger partial charge is 0.472 e. The van der Waals surface area contributed by atoms with Gasteiger partial charge in [-0.15, -0.1) is 0 Å². The molecule has 3 nitrogen and oxygen atoms in total. The van der Waals surface area contributed by atoms with Crippen LogP contribution in [0.3, 0.4) is 0 Å². The summed E-state index contributed by atoms with van der Waals surface area (Å²) in [6.45, 7) is -0.139. The summed E-state index contributed by atoms with van der Waals surface area (Å²) in [6, 6.07) is -3.62. The van der Waals surface area contributed by atoms with Crippen LogP contribution in [0.25, 0.3) is 0 Å². The maximum Gasteiger partial charge on any atom is 0.472 e. The van der Waals surface area contributed by atoms with Gasteiger partial charge in [0, 0.05) is 13.7 Å². The minimum absolute atomic E-state index is 0.265.